The highest BCUT2D eigenvalue weighted by Gasteiger charge is 2.51. The SMILES string of the molecule is NC1CC(Nc2c(N3C[C@H](CCCB(O)O)[C@](N)(C(=O)O)C3)c(=O)c2=O)C1. The molecule has 1 aromatic rings. The molecule has 1 aliphatic carbocycles. The summed E-state index contributed by atoms with van der Waals surface area (Å²) in [5.74, 6) is -1.67. The fourth-order valence-corrected chi connectivity index (χ4v) is 4.05. The first-order valence-electron chi connectivity index (χ1n) is 9.12. The van der Waals surface area contributed by atoms with Crippen LogP contribution in [0.25, 0.3) is 0 Å². The Morgan fingerprint density at radius 1 is 1.30 bits per heavy atom. The molecule has 1 aliphatic heterocycles. The molecular weight excluding hydrogens is 355 g/mol. The Kier molecular flexibility index (Phi) is 5.30. The van der Waals surface area contributed by atoms with Crippen LogP contribution >= 0.6 is 0 Å². The monoisotopic (exact) mass is 380 g/mol. The number of carbonyl (C=O) groups is 1. The van der Waals surface area contributed by atoms with Crippen LogP contribution in [0.1, 0.15) is 25.7 Å². The van der Waals surface area contributed by atoms with E-state index in [0.29, 0.717) is 25.7 Å². The maximum atomic E-state index is 12.1. The average molecular weight is 380 g/mol. The van der Waals surface area contributed by atoms with Crippen molar-refractivity contribution in [3.63, 3.8) is 0 Å². The summed E-state index contributed by atoms with van der Waals surface area (Å²) in [6.45, 7) is 0.131. The van der Waals surface area contributed by atoms with Crippen LogP contribution in [0.5, 0.6) is 0 Å². The lowest BCUT2D eigenvalue weighted by Gasteiger charge is -2.35. The van der Waals surface area contributed by atoms with Crippen molar-refractivity contribution in [2.75, 3.05) is 23.3 Å². The van der Waals surface area contributed by atoms with Gasteiger partial charge in [-0.25, -0.2) is 0 Å². The van der Waals surface area contributed by atoms with Crippen LogP contribution in [0, 0.1) is 5.92 Å². The van der Waals surface area contributed by atoms with Crippen LogP contribution in [0.2, 0.25) is 6.32 Å². The molecule has 11 heteroatoms. The molecule has 2 atom stereocenters. The quantitative estimate of drug-likeness (QED) is 0.211. The number of aliphatic carboxylic acids is 1. The molecule has 2 aliphatic rings. The second kappa shape index (κ2) is 7.23. The Bertz CT molecular complexity index is 788. The van der Waals surface area contributed by atoms with Crippen molar-refractivity contribution in [1.29, 1.82) is 0 Å². The molecule has 1 heterocycles. The van der Waals surface area contributed by atoms with E-state index in [1.165, 1.54) is 0 Å². The Labute approximate surface area is 156 Å². The Balaban J connectivity index is 1.76. The van der Waals surface area contributed by atoms with Gasteiger partial charge in [-0.1, -0.05) is 6.42 Å². The molecule has 0 amide bonds. The highest BCUT2D eigenvalue weighted by Crippen LogP contribution is 2.36. The van der Waals surface area contributed by atoms with E-state index in [0.717, 1.165) is 0 Å². The predicted octanol–water partition coefficient (Wildman–Crippen LogP) is -2.34. The molecule has 0 aromatic heterocycles. The zero-order valence-corrected chi connectivity index (χ0v) is 14.9. The van der Waals surface area contributed by atoms with Crippen molar-refractivity contribution >= 4 is 24.5 Å². The summed E-state index contributed by atoms with van der Waals surface area (Å²) in [4.78, 5) is 37.4. The zero-order chi connectivity index (χ0) is 19.9. The number of rotatable bonds is 8. The van der Waals surface area contributed by atoms with Crippen molar-refractivity contribution in [3.05, 3.63) is 20.4 Å². The molecule has 0 radical (unpaired) electrons. The lowest BCUT2D eigenvalue weighted by Crippen LogP contribution is -2.55. The largest absolute Gasteiger partial charge is 0.480 e. The van der Waals surface area contributed by atoms with E-state index in [1.807, 2.05) is 0 Å². The Morgan fingerprint density at radius 3 is 2.52 bits per heavy atom. The van der Waals surface area contributed by atoms with Crippen LogP contribution in [0.15, 0.2) is 9.59 Å². The van der Waals surface area contributed by atoms with E-state index >= 15 is 0 Å². The minimum absolute atomic E-state index is 0.0357. The first-order valence-corrected chi connectivity index (χ1v) is 9.12. The molecule has 2 fully saturated rings. The summed E-state index contributed by atoms with van der Waals surface area (Å²) in [6, 6.07) is 0.118. The van der Waals surface area contributed by atoms with Crippen molar-refractivity contribution in [2.45, 2.75) is 49.6 Å². The zero-order valence-electron chi connectivity index (χ0n) is 14.9. The maximum absolute atomic E-state index is 12.1. The molecule has 0 spiro atoms. The molecule has 1 saturated carbocycles. The van der Waals surface area contributed by atoms with Crippen LogP contribution in [0.4, 0.5) is 11.4 Å². The Hall–Kier alpha value is -1.95. The molecule has 10 nitrogen and oxygen atoms in total. The van der Waals surface area contributed by atoms with Gasteiger partial charge in [-0.05, 0) is 25.6 Å². The molecule has 0 unspecified atom stereocenters. The summed E-state index contributed by atoms with van der Waals surface area (Å²) in [6.07, 6.45) is 2.29. The number of nitrogens with one attached hydrogen (secondary N) is 1. The van der Waals surface area contributed by atoms with Gasteiger partial charge in [0.1, 0.15) is 16.9 Å². The van der Waals surface area contributed by atoms with Crippen LogP contribution < -0.4 is 32.5 Å². The van der Waals surface area contributed by atoms with Gasteiger partial charge in [-0.2, -0.15) is 0 Å². The van der Waals surface area contributed by atoms with Crippen molar-refractivity contribution in [2.24, 2.45) is 17.4 Å². The second-order valence-corrected chi connectivity index (χ2v) is 7.79. The number of carboxylic acids is 1. The summed E-state index contributed by atoms with van der Waals surface area (Å²) in [7, 11) is -1.46. The smallest absolute Gasteiger partial charge is 0.451 e. The van der Waals surface area contributed by atoms with Crippen molar-refractivity contribution in [1.82, 2.24) is 0 Å². The van der Waals surface area contributed by atoms with E-state index in [1.54, 1.807) is 4.90 Å². The number of anilines is 2. The standard InChI is InChI=1S/C16H25BN4O6/c18-9-4-10(5-9)20-11-12(14(23)13(11)22)21-6-8(2-1-3-17(26)27)16(19,7-21)15(24)25/h8-10,20,26-27H,1-7,18-19H2,(H,24,25)/t8-,9?,10?,16-/m0/s1. The van der Waals surface area contributed by atoms with Gasteiger partial charge in [-0.15, -0.1) is 0 Å². The maximum Gasteiger partial charge on any atom is 0.451 e. The van der Waals surface area contributed by atoms with Gasteiger partial charge in [0, 0.05) is 31.1 Å². The summed E-state index contributed by atoms with van der Waals surface area (Å²) in [5.41, 5.74) is 9.47. The van der Waals surface area contributed by atoms with E-state index < -0.39 is 35.4 Å². The van der Waals surface area contributed by atoms with Crippen LogP contribution in [-0.4, -0.2) is 59.0 Å². The lowest BCUT2D eigenvalue weighted by atomic mass is 9.78. The number of hydrogen-bond acceptors (Lipinski definition) is 9. The van der Waals surface area contributed by atoms with Gasteiger partial charge >= 0.3 is 13.1 Å². The average Bonchev–Trinajstić information content (AvgIpc) is 2.89. The third-order valence-electron chi connectivity index (χ3n) is 5.76. The predicted molar refractivity (Wildman–Crippen MR) is 100 cm³/mol. The molecule has 27 heavy (non-hydrogen) atoms. The molecule has 1 aromatic carbocycles. The number of nitrogens with two attached hydrogens (primary N) is 2. The van der Waals surface area contributed by atoms with Gasteiger partial charge < -0.3 is 36.8 Å². The van der Waals surface area contributed by atoms with Gasteiger partial charge in [0.15, 0.2) is 0 Å². The van der Waals surface area contributed by atoms with Gasteiger partial charge in [0.25, 0.3) is 10.9 Å². The number of hydrogen-bond donors (Lipinski definition) is 6. The van der Waals surface area contributed by atoms with Gasteiger partial charge in [0.2, 0.25) is 0 Å². The third kappa shape index (κ3) is 3.59. The molecule has 3 rings (SSSR count). The summed E-state index contributed by atoms with van der Waals surface area (Å²) >= 11 is 0. The van der Waals surface area contributed by atoms with Gasteiger partial charge in [-0.3, -0.25) is 14.4 Å². The van der Waals surface area contributed by atoms with Gasteiger partial charge in [0.05, 0.1) is 0 Å². The third-order valence-corrected chi connectivity index (χ3v) is 5.76. The minimum Gasteiger partial charge on any atom is -0.480 e. The second-order valence-electron chi connectivity index (χ2n) is 7.79. The topological polar surface area (TPSA) is 179 Å². The molecular formula is C16H25BN4O6. The fraction of sp³-hybridized carbons (Fsp3) is 0.688. The van der Waals surface area contributed by atoms with E-state index in [9.17, 15) is 19.5 Å². The van der Waals surface area contributed by atoms with E-state index in [-0.39, 0.29) is 42.9 Å². The summed E-state index contributed by atoms with van der Waals surface area (Å²) in [5, 5.41) is 30.6. The van der Waals surface area contributed by atoms with Crippen molar-refractivity contribution < 1.29 is 19.9 Å². The normalized spacial score (nSPS) is 30.4. The highest BCUT2D eigenvalue weighted by molar-refractivity contribution is 6.40. The fourth-order valence-electron chi connectivity index (χ4n) is 4.05. The first-order chi connectivity index (χ1) is 12.6. The number of carboxylic acid groups (broad SMARTS) is 1. The van der Waals surface area contributed by atoms with Crippen molar-refractivity contribution in [3.8, 4) is 0 Å². The summed E-state index contributed by atoms with van der Waals surface area (Å²) < 4.78 is 0. The molecule has 1 saturated heterocycles. The highest BCUT2D eigenvalue weighted by atomic mass is 16.4. The van der Waals surface area contributed by atoms with Crippen LogP contribution in [0.3, 0.4) is 0 Å². The first kappa shape index (κ1) is 19.8. The van der Waals surface area contributed by atoms with Crippen LogP contribution in [-0.2, 0) is 4.79 Å². The lowest BCUT2D eigenvalue weighted by molar-refractivity contribution is -0.144. The molecule has 8 N–H and O–H groups in total. The minimum atomic E-state index is -1.57. The van der Waals surface area contributed by atoms with E-state index in [2.05, 4.69) is 5.32 Å². The molecule has 0 bridgehead atoms. The Morgan fingerprint density at radius 2 is 1.96 bits per heavy atom. The number of nitrogens with zero attached hydrogens (tertiary/aromatic N) is 1. The van der Waals surface area contributed by atoms with E-state index in [4.69, 9.17) is 21.5 Å². The molecule has 148 valence electrons.